The van der Waals surface area contributed by atoms with Gasteiger partial charge in [0, 0.05) is 28.7 Å². The largest absolute Gasteiger partial charge is 0.361 e. The minimum Gasteiger partial charge on any atom is -0.361 e. The third-order valence-electron chi connectivity index (χ3n) is 3.53. The fraction of sp³-hybridized carbons (Fsp3) is 0. The van der Waals surface area contributed by atoms with E-state index in [2.05, 4.69) is 10.3 Å². The van der Waals surface area contributed by atoms with E-state index in [4.69, 9.17) is 23.2 Å². The van der Waals surface area contributed by atoms with Crippen molar-refractivity contribution >= 4 is 40.2 Å². The van der Waals surface area contributed by atoms with Crippen molar-refractivity contribution in [1.82, 2.24) is 4.98 Å². The van der Waals surface area contributed by atoms with Gasteiger partial charge in [-0.25, -0.2) is 0 Å². The average molecular weight is 369 g/mol. The van der Waals surface area contributed by atoms with Gasteiger partial charge in [0.1, 0.15) is 0 Å². The maximum absolute atomic E-state index is 13.0. The number of nitrogens with one attached hydrogen (secondary N) is 1. The Labute approximate surface area is 155 Å². The summed E-state index contributed by atoms with van der Waals surface area (Å²) in [6.45, 7) is 0. The van der Waals surface area contributed by atoms with E-state index in [0.717, 1.165) is 5.69 Å². The number of hydrogen-bond acceptors (Lipinski definition) is 3. The lowest BCUT2D eigenvalue weighted by Gasteiger charge is -2.09. The van der Waals surface area contributed by atoms with Crippen LogP contribution in [-0.4, -0.2) is 10.8 Å². The molecule has 0 saturated heterocycles. The number of hydrogen-bond donors (Lipinski definition) is 1. The summed E-state index contributed by atoms with van der Waals surface area (Å²) in [4.78, 5) is 17.3. The number of ketones is 1. The van der Waals surface area contributed by atoms with Gasteiger partial charge in [-0.3, -0.25) is 9.78 Å². The number of carbonyl (C=O) groups is 1. The molecule has 0 aliphatic rings. The van der Waals surface area contributed by atoms with Crippen LogP contribution in [0.15, 0.2) is 79.1 Å². The first kappa shape index (κ1) is 17.2. The fourth-order valence-corrected chi connectivity index (χ4v) is 2.62. The lowest BCUT2D eigenvalue weighted by Crippen LogP contribution is -2.07. The van der Waals surface area contributed by atoms with Gasteiger partial charge in [0.25, 0.3) is 0 Å². The molecule has 0 fully saturated rings. The van der Waals surface area contributed by atoms with E-state index in [1.165, 1.54) is 0 Å². The zero-order valence-corrected chi connectivity index (χ0v) is 14.6. The molecule has 0 aliphatic carbocycles. The molecule has 0 radical (unpaired) electrons. The van der Waals surface area contributed by atoms with Crippen molar-refractivity contribution in [2.24, 2.45) is 0 Å². The zero-order chi connectivity index (χ0) is 17.6. The Balaban J connectivity index is 1.98. The Morgan fingerprint density at radius 1 is 0.920 bits per heavy atom. The molecule has 5 heteroatoms. The van der Waals surface area contributed by atoms with Gasteiger partial charge in [0.05, 0.1) is 16.3 Å². The predicted octanol–water partition coefficient (Wildman–Crippen LogP) is 5.72. The maximum Gasteiger partial charge on any atom is 0.198 e. The van der Waals surface area contributed by atoms with Crippen LogP contribution in [0.2, 0.25) is 10.0 Å². The number of pyridine rings is 1. The normalized spacial score (nSPS) is 11.2. The van der Waals surface area contributed by atoms with Crippen LogP contribution in [0.25, 0.3) is 5.57 Å². The number of benzene rings is 2. The van der Waals surface area contributed by atoms with Crippen molar-refractivity contribution in [3.63, 3.8) is 0 Å². The number of aromatic nitrogens is 1. The van der Waals surface area contributed by atoms with Gasteiger partial charge in [-0.2, -0.15) is 0 Å². The molecular formula is C20H14Cl2N2O. The van der Waals surface area contributed by atoms with E-state index >= 15 is 0 Å². The number of nitrogens with zero attached hydrogens (tertiary/aromatic N) is 1. The van der Waals surface area contributed by atoms with Crippen LogP contribution in [0.1, 0.15) is 16.1 Å². The monoisotopic (exact) mass is 368 g/mol. The van der Waals surface area contributed by atoms with Gasteiger partial charge in [-0.1, -0.05) is 41.4 Å². The predicted molar refractivity (Wildman–Crippen MR) is 103 cm³/mol. The molecule has 1 heterocycles. The molecule has 0 spiro atoms. The molecule has 124 valence electrons. The molecule has 0 atom stereocenters. The third-order valence-corrected chi connectivity index (χ3v) is 4.11. The number of halogens is 2. The van der Waals surface area contributed by atoms with Crippen molar-refractivity contribution in [2.45, 2.75) is 0 Å². The Morgan fingerprint density at radius 2 is 1.64 bits per heavy atom. The Hall–Kier alpha value is -2.62. The van der Waals surface area contributed by atoms with Gasteiger partial charge in [-0.05, 0) is 48.5 Å². The first-order valence-electron chi connectivity index (χ1n) is 7.58. The number of allylic oxidation sites excluding steroid dienone is 1. The van der Waals surface area contributed by atoms with Gasteiger partial charge in [-0.15, -0.1) is 0 Å². The SMILES string of the molecule is O=C(C(=CNc1ccc(Cl)cc1)c1ccccn1)c1ccccc1Cl. The van der Waals surface area contributed by atoms with Gasteiger partial charge in [0.2, 0.25) is 0 Å². The molecule has 3 rings (SSSR count). The van der Waals surface area contributed by atoms with Crippen LogP contribution in [0, 0.1) is 0 Å². The van der Waals surface area contributed by atoms with Crippen LogP contribution in [0.4, 0.5) is 5.69 Å². The highest BCUT2D eigenvalue weighted by Gasteiger charge is 2.17. The minimum absolute atomic E-state index is 0.203. The average Bonchev–Trinajstić information content (AvgIpc) is 2.64. The van der Waals surface area contributed by atoms with E-state index in [1.54, 1.807) is 60.9 Å². The minimum atomic E-state index is -0.203. The number of Topliss-reactive ketones (excluding diaryl/α,β-unsaturated/α-hetero) is 1. The molecule has 0 aliphatic heterocycles. The first-order chi connectivity index (χ1) is 12.1. The van der Waals surface area contributed by atoms with Crippen LogP contribution in [0.3, 0.4) is 0 Å². The number of anilines is 1. The summed E-state index contributed by atoms with van der Waals surface area (Å²) in [6, 6.07) is 19.6. The second kappa shape index (κ2) is 7.97. The molecule has 3 aromatic rings. The second-order valence-electron chi connectivity index (χ2n) is 5.23. The summed E-state index contributed by atoms with van der Waals surface area (Å²) in [5, 5.41) is 4.16. The fourth-order valence-electron chi connectivity index (χ4n) is 2.27. The zero-order valence-electron chi connectivity index (χ0n) is 13.1. The van der Waals surface area contributed by atoms with Crippen LogP contribution in [0.5, 0.6) is 0 Å². The highest BCUT2D eigenvalue weighted by Crippen LogP contribution is 2.24. The lowest BCUT2D eigenvalue weighted by molar-refractivity contribution is 0.105. The molecule has 0 amide bonds. The molecule has 0 saturated carbocycles. The van der Waals surface area contributed by atoms with E-state index in [9.17, 15) is 4.79 Å². The molecule has 25 heavy (non-hydrogen) atoms. The summed E-state index contributed by atoms with van der Waals surface area (Å²) in [5.41, 5.74) is 2.22. The summed E-state index contributed by atoms with van der Waals surface area (Å²) < 4.78 is 0. The van der Waals surface area contributed by atoms with Gasteiger partial charge < -0.3 is 5.32 Å². The lowest BCUT2D eigenvalue weighted by atomic mass is 10.0. The number of rotatable bonds is 5. The smallest absolute Gasteiger partial charge is 0.198 e. The second-order valence-corrected chi connectivity index (χ2v) is 6.08. The van der Waals surface area contributed by atoms with Crippen molar-refractivity contribution in [3.05, 3.63) is 100 Å². The topological polar surface area (TPSA) is 42.0 Å². The highest BCUT2D eigenvalue weighted by atomic mass is 35.5. The summed E-state index contributed by atoms with van der Waals surface area (Å²) >= 11 is 12.1. The van der Waals surface area contributed by atoms with E-state index in [1.807, 2.05) is 18.2 Å². The van der Waals surface area contributed by atoms with Gasteiger partial charge in [0.15, 0.2) is 5.78 Å². The molecule has 1 aromatic heterocycles. The quantitative estimate of drug-likeness (QED) is 0.462. The molecule has 0 bridgehead atoms. The van der Waals surface area contributed by atoms with Crippen molar-refractivity contribution < 1.29 is 4.79 Å². The summed E-state index contributed by atoms with van der Waals surface area (Å²) in [5.74, 6) is -0.203. The standard InChI is InChI=1S/C20H14Cl2N2O/c21-14-8-10-15(11-9-14)24-13-17(19-7-3-4-12-23-19)20(25)16-5-1-2-6-18(16)22/h1-13,24H. The van der Waals surface area contributed by atoms with Crippen LogP contribution < -0.4 is 5.32 Å². The van der Waals surface area contributed by atoms with Crippen molar-refractivity contribution in [1.29, 1.82) is 0 Å². The molecule has 3 nitrogen and oxygen atoms in total. The van der Waals surface area contributed by atoms with E-state index in [0.29, 0.717) is 26.9 Å². The summed E-state index contributed by atoms with van der Waals surface area (Å²) in [6.07, 6.45) is 3.28. The van der Waals surface area contributed by atoms with Crippen LogP contribution >= 0.6 is 23.2 Å². The Morgan fingerprint density at radius 3 is 2.32 bits per heavy atom. The van der Waals surface area contributed by atoms with E-state index in [-0.39, 0.29) is 5.78 Å². The number of carbonyl (C=O) groups excluding carboxylic acids is 1. The summed E-state index contributed by atoms with van der Waals surface area (Å²) in [7, 11) is 0. The van der Waals surface area contributed by atoms with Gasteiger partial charge >= 0.3 is 0 Å². The first-order valence-corrected chi connectivity index (χ1v) is 8.33. The molecular weight excluding hydrogens is 355 g/mol. The van der Waals surface area contributed by atoms with E-state index < -0.39 is 0 Å². The highest BCUT2D eigenvalue weighted by molar-refractivity contribution is 6.39. The van der Waals surface area contributed by atoms with Crippen molar-refractivity contribution in [2.75, 3.05) is 5.32 Å². The van der Waals surface area contributed by atoms with Crippen LogP contribution in [-0.2, 0) is 0 Å². The Kier molecular flexibility index (Phi) is 5.49. The maximum atomic E-state index is 13.0. The molecule has 2 aromatic carbocycles. The van der Waals surface area contributed by atoms with Crippen molar-refractivity contribution in [3.8, 4) is 0 Å². The third kappa shape index (κ3) is 4.27. The Bertz CT molecular complexity index is 906. The molecule has 1 N–H and O–H groups in total. The molecule has 0 unspecified atom stereocenters.